The Morgan fingerprint density at radius 3 is 2.11 bits per heavy atom. The van der Waals surface area contributed by atoms with Gasteiger partial charge in [-0.05, 0) is 26.0 Å². The summed E-state index contributed by atoms with van der Waals surface area (Å²) >= 11 is 0. The van der Waals surface area contributed by atoms with E-state index in [0.29, 0.717) is 41.9 Å². The zero-order valence-corrected chi connectivity index (χ0v) is 17.1. The lowest BCUT2D eigenvalue weighted by atomic mass is 9.95. The predicted octanol–water partition coefficient (Wildman–Crippen LogP) is 2.51. The molecule has 2 rings (SSSR count). The minimum atomic E-state index is -0.585. The van der Waals surface area contributed by atoms with Crippen molar-refractivity contribution in [3.8, 4) is 11.5 Å². The molecule has 0 aromatic heterocycles. The van der Waals surface area contributed by atoms with Crippen molar-refractivity contribution in [2.45, 2.75) is 39.7 Å². The van der Waals surface area contributed by atoms with E-state index < -0.39 is 5.41 Å². The Balaban J connectivity index is 2.37. The van der Waals surface area contributed by atoms with Crippen LogP contribution < -0.4 is 20.1 Å². The van der Waals surface area contributed by atoms with Crippen molar-refractivity contribution in [2.24, 2.45) is 5.41 Å². The first-order valence-corrected chi connectivity index (χ1v) is 9.25. The average Bonchev–Trinajstić information content (AvgIpc) is 2.66. The number of amides is 2. The number of benzene rings is 1. The van der Waals surface area contributed by atoms with Crippen LogP contribution in [0, 0.1) is 5.41 Å². The molecule has 2 N–H and O–H groups in total. The normalized spacial score (nSPS) is 15.4. The van der Waals surface area contributed by atoms with Crippen molar-refractivity contribution < 1.29 is 19.1 Å². The fourth-order valence-corrected chi connectivity index (χ4v) is 3.01. The van der Waals surface area contributed by atoms with Gasteiger partial charge in [-0.1, -0.05) is 20.8 Å². The number of hydrogen-bond donors (Lipinski definition) is 2. The molecule has 0 radical (unpaired) electrons. The summed E-state index contributed by atoms with van der Waals surface area (Å²) in [5.41, 5.74) is 0.264. The van der Waals surface area contributed by atoms with E-state index in [1.165, 1.54) is 14.2 Å². The van der Waals surface area contributed by atoms with Gasteiger partial charge in [-0.3, -0.25) is 9.59 Å². The van der Waals surface area contributed by atoms with Crippen LogP contribution in [0.5, 0.6) is 11.5 Å². The minimum Gasteiger partial charge on any atom is -0.493 e. The number of anilines is 1. The standard InChI is InChI=1S/C20H31N3O4/c1-20(2,3)19(25)22-15-12-17(27-6)16(26-5)11-14(15)18(24)23-9-7-13(21-4)8-10-23/h11-13,21H,7-10H2,1-6H3,(H,22,25). The predicted molar refractivity (Wildman–Crippen MR) is 106 cm³/mol. The van der Waals surface area contributed by atoms with Gasteiger partial charge in [0.25, 0.3) is 5.91 Å². The molecule has 0 spiro atoms. The molecule has 1 aliphatic rings. The third-order valence-corrected chi connectivity index (χ3v) is 4.87. The SMILES string of the molecule is CNC1CCN(C(=O)c2cc(OC)c(OC)cc2NC(=O)C(C)(C)C)CC1. The summed E-state index contributed by atoms with van der Waals surface area (Å²) in [5.74, 6) is 0.638. The van der Waals surface area contributed by atoms with Gasteiger partial charge in [0.1, 0.15) is 0 Å². The average molecular weight is 377 g/mol. The molecule has 1 heterocycles. The van der Waals surface area contributed by atoms with E-state index in [1.54, 1.807) is 12.1 Å². The summed E-state index contributed by atoms with van der Waals surface area (Å²) in [7, 11) is 4.99. The van der Waals surface area contributed by atoms with Crippen molar-refractivity contribution in [1.82, 2.24) is 10.2 Å². The van der Waals surface area contributed by atoms with Crippen LogP contribution in [-0.2, 0) is 4.79 Å². The third-order valence-electron chi connectivity index (χ3n) is 4.87. The second-order valence-electron chi connectivity index (χ2n) is 7.81. The summed E-state index contributed by atoms with van der Waals surface area (Å²) in [6.45, 7) is 6.82. The third kappa shape index (κ3) is 4.91. The van der Waals surface area contributed by atoms with Gasteiger partial charge in [0.05, 0.1) is 25.5 Å². The van der Waals surface area contributed by atoms with E-state index in [0.717, 1.165) is 12.8 Å². The van der Waals surface area contributed by atoms with Gasteiger partial charge < -0.3 is 25.0 Å². The lowest BCUT2D eigenvalue weighted by Gasteiger charge is -2.32. The number of likely N-dealkylation sites (tertiary alicyclic amines) is 1. The van der Waals surface area contributed by atoms with Crippen molar-refractivity contribution in [2.75, 3.05) is 39.7 Å². The van der Waals surface area contributed by atoms with Gasteiger partial charge in [0.2, 0.25) is 5.91 Å². The van der Waals surface area contributed by atoms with E-state index >= 15 is 0 Å². The molecule has 1 aromatic rings. The largest absolute Gasteiger partial charge is 0.493 e. The van der Waals surface area contributed by atoms with Crippen LogP contribution in [0.1, 0.15) is 44.0 Å². The Morgan fingerprint density at radius 2 is 1.63 bits per heavy atom. The number of methoxy groups -OCH3 is 2. The molecular formula is C20H31N3O4. The maximum atomic E-state index is 13.2. The number of nitrogens with zero attached hydrogens (tertiary/aromatic N) is 1. The van der Waals surface area contributed by atoms with Crippen molar-refractivity contribution in [3.63, 3.8) is 0 Å². The summed E-state index contributed by atoms with van der Waals surface area (Å²) in [5, 5.41) is 6.14. The Hall–Kier alpha value is -2.28. The minimum absolute atomic E-state index is 0.116. The second kappa shape index (κ2) is 8.61. The first kappa shape index (κ1) is 21.0. The van der Waals surface area contributed by atoms with E-state index in [9.17, 15) is 9.59 Å². The first-order valence-electron chi connectivity index (χ1n) is 9.25. The summed E-state index contributed by atoms with van der Waals surface area (Å²) < 4.78 is 10.7. The molecule has 1 aromatic carbocycles. The molecule has 0 saturated carbocycles. The van der Waals surface area contributed by atoms with Crippen molar-refractivity contribution in [3.05, 3.63) is 17.7 Å². The molecule has 150 valence electrons. The zero-order chi connectivity index (χ0) is 20.2. The number of rotatable bonds is 5. The molecule has 0 atom stereocenters. The van der Waals surface area contributed by atoms with Crippen LogP contribution in [0.4, 0.5) is 5.69 Å². The molecule has 1 aliphatic heterocycles. The maximum absolute atomic E-state index is 13.2. The fraction of sp³-hybridized carbons (Fsp3) is 0.600. The van der Waals surface area contributed by atoms with Crippen LogP contribution in [0.2, 0.25) is 0 Å². The molecule has 7 heteroatoms. The van der Waals surface area contributed by atoms with Gasteiger partial charge in [-0.2, -0.15) is 0 Å². The van der Waals surface area contributed by atoms with E-state index in [1.807, 2.05) is 32.7 Å². The smallest absolute Gasteiger partial charge is 0.256 e. The number of carbonyl (C=O) groups is 2. The van der Waals surface area contributed by atoms with Crippen LogP contribution in [-0.4, -0.2) is 57.1 Å². The number of hydrogen-bond acceptors (Lipinski definition) is 5. The molecular weight excluding hydrogens is 346 g/mol. The molecule has 1 fully saturated rings. The number of ether oxygens (including phenoxy) is 2. The highest BCUT2D eigenvalue weighted by atomic mass is 16.5. The van der Waals surface area contributed by atoms with Gasteiger partial charge in [0, 0.05) is 30.6 Å². The quantitative estimate of drug-likeness (QED) is 0.824. The highest BCUT2D eigenvalue weighted by Gasteiger charge is 2.28. The molecule has 0 aliphatic carbocycles. The van der Waals surface area contributed by atoms with Gasteiger partial charge in [-0.15, -0.1) is 0 Å². The Labute approximate surface area is 161 Å². The van der Waals surface area contributed by atoms with Crippen LogP contribution in [0.15, 0.2) is 12.1 Å². The Morgan fingerprint density at radius 1 is 1.07 bits per heavy atom. The summed E-state index contributed by atoms with van der Waals surface area (Å²) in [6, 6.07) is 3.72. The Bertz CT molecular complexity index is 689. The van der Waals surface area contributed by atoms with Crippen LogP contribution >= 0.6 is 0 Å². The van der Waals surface area contributed by atoms with Gasteiger partial charge in [0.15, 0.2) is 11.5 Å². The topological polar surface area (TPSA) is 79.9 Å². The molecule has 0 unspecified atom stereocenters. The monoisotopic (exact) mass is 377 g/mol. The van der Waals surface area contributed by atoms with E-state index in [4.69, 9.17) is 9.47 Å². The first-order chi connectivity index (χ1) is 12.7. The zero-order valence-electron chi connectivity index (χ0n) is 17.1. The second-order valence-corrected chi connectivity index (χ2v) is 7.81. The lowest BCUT2D eigenvalue weighted by molar-refractivity contribution is -0.123. The number of carbonyl (C=O) groups excluding carboxylic acids is 2. The fourth-order valence-electron chi connectivity index (χ4n) is 3.01. The van der Waals surface area contributed by atoms with Crippen molar-refractivity contribution in [1.29, 1.82) is 0 Å². The van der Waals surface area contributed by atoms with Gasteiger partial charge in [-0.25, -0.2) is 0 Å². The number of nitrogens with one attached hydrogen (secondary N) is 2. The molecule has 0 bridgehead atoms. The highest BCUT2D eigenvalue weighted by Crippen LogP contribution is 2.35. The molecule has 1 saturated heterocycles. The van der Waals surface area contributed by atoms with Crippen LogP contribution in [0.25, 0.3) is 0 Å². The lowest BCUT2D eigenvalue weighted by Crippen LogP contribution is -2.44. The molecule has 27 heavy (non-hydrogen) atoms. The maximum Gasteiger partial charge on any atom is 0.256 e. The summed E-state index contributed by atoms with van der Waals surface area (Å²) in [4.78, 5) is 27.5. The number of piperidine rings is 1. The van der Waals surface area contributed by atoms with Crippen LogP contribution in [0.3, 0.4) is 0 Å². The Kier molecular flexibility index (Phi) is 6.70. The summed E-state index contributed by atoms with van der Waals surface area (Å²) in [6.07, 6.45) is 1.80. The van der Waals surface area contributed by atoms with Crippen molar-refractivity contribution >= 4 is 17.5 Å². The molecule has 2 amide bonds. The molecule has 7 nitrogen and oxygen atoms in total. The highest BCUT2D eigenvalue weighted by molar-refractivity contribution is 6.05. The van der Waals surface area contributed by atoms with Gasteiger partial charge >= 0.3 is 0 Å². The van der Waals surface area contributed by atoms with E-state index in [-0.39, 0.29) is 11.8 Å². The van der Waals surface area contributed by atoms with E-state index in [2.05, 4.69) is 10.6 Å².